The number of aromatic amines is 1. The highest BCUT2D eigenvalue weighted by Crippen LogP contribution is 2.21. The van der Waals surface area contributed by atoms with Crippen molar-refractivity contribution in [3.8, 4) is 5.75 Å². The minimum Gasteiger partial charge on any atom is -0.497 e. The predicted molar refractivity (Wildman–Crippen MR) is 77.1 cm³/mol. The van der Waals surface area contributed by atoms with Crippen LogP contribution in [0.5, 0.6) is 5.75 Å². The molecule has 1 aromatic heterocycles. The van der Waals surface area contributed by atoms with Crippen molar-refractivity contribution in [2.75, 3.05) is 12.4 Å². The van der Waals surface area contributed by atoms with Crippen LogP contribution in [-0.4, -0.2) is 17.1 Å². The predicted octanol–water partition coefficient (Wildman–Crippen LogP) is 3.62. The number of methoxy groups -OCH3 is 1. The summed E-state index contributed by atoms with van der Waals surface area (Å²) in [5.74, 6) is 1.58. The number of aryl methyl sites for hydroxylation is 1. The molecule has 0 unspecified atom stereocenters. The largest absolute Gasteiger partial charge is 0.497 e. The summed E-state index contributed by atoms with van der Waals surface area (Å²) in [6.07, 6.45) is 0. The minimum absolute atomic E-state index is 0.741. The van der Waals surface area contributed by atoms with E-state index in [1.54, 1.807) is 7.11 Å². The lowest BCUT2D eigenvalue weighted by Gasteiger charge is -2.03. The number of anilines is 2. The molecular formula is C15H15N3O. The van der Waals surface area contributed by atoms with Crippen LogP contribution in [0.3, 0.4) is 0 Å². The van der Waals surface area contributed by atoms with Gasteiger partial charge in [-0.15, -0.1) is 0 Å². The fourth-order valence-electron chi connectivity index (χ4n) is 1.99. The van der Waals surface area contributed by atoms with E-state index in [0.717, 1.165) is 28.4 Å². The molecule has 0 spiro atoms. The summed E-state index contributed by atoms with van der Waals surface area (Å²) in [5.41, 5.74) is 4.18. The van der Waals surface area contributed by atoms with Crippen molar-refractivity contribution in [3.05, 3.63) is 48.0 Å². The molecule has 3 rings (SSSR count). The Morgan fingerprint density at radius 3 is 2.63 bits per heavy atom. The zero-order valence-corrected chi connectivity index (χ0v) is 10.9. The highest BCUT2D eigenvalue weighted by molar-refractivity contribution is 5.79. The van der Waals surface area contributed by atoms with Gasteiger partial charge in [0, 0.05) is 5.69 Å². The van der Waals surface area contributed by atoms with Crippen molar-refractivity contribution >= 4 is 22.7 Å². The number of benzene rings is 2. The maximum Gasteiger partial charge on any atom is 0.205 e. The summed E-state index contributed by atoms with van der Waals surface area (Å²) in [6, 6.07) is 13.9. The van der Waals surface area contributed by atoms with E-state index in [1.807, 2.05) is 30.3 Å². The van der Waals surface area contributed by atoms with E-state index < -0.39 is 0 Å². The maximum atomic E-state index is 5.13. The SMILES string of the molecule is COc1ccc(Nc2nc3ccc(C)cc3[nH]2)cc1. The molecule has 1 heterocycles. The Hall–Kier alpha value is -2.49. The first-order valence-corrected chi connectivity index (χ1v) is 6.12. The molecule has 2 aromatic carbocycles. The van der Waals surface area contributed by atoms with Crippen molar-refractivity contribution in [1.82, 2.24) is 9.97 Å². The zero-order chi connectivity index (χ0) is 13.2. The molecule has 96 valence electrons. The number of nitrogens with one attached hydrogen (secondary N) is 2. The molecule has 0 fully saturated rings. The van der Waals surface area contributed by atoms with E-state index in [1.165, 1.54) is 5.56 Å². The highest BCUT2D eigenvalue weighted by Gasteiger charge is 2.03. The second kappa shape index (κ2) is 4.65. The third kappa shape index (κ3) is 2.38. The number of imidazole rings is 1. The summed E-state index contributed by atoms with van der Waals surface area (Å²) in [5, 5.41) is 3.24. The summed E-state index contributed by atoms with van der Waals surface area (Å²) in [4.78, 5) is 7.75. The molecule has 0 aliphatic rings. The quantitative estimate of drug-likeness (QED) is 0.749. The third-order valence-corrected chi connectivity index (χ3v) is 2.99. The lowest BCUT2D eigenvalue weighted by atomic mass is 10.2. The van der Waals surface area contributed by atoms with E-state index in [4.69, 9.17) is 4.74 Å². The Balaban J connectivity index is 1.87. The van der Waals surface area contributed by atoms with Crippen LogP contribution in [0.15, 0.2) is 42.5 Å². The Morgan fingerprint density at radius 2 is 1.89 bits per heavy atom. The van der Waals surface area contributed by atoms with Gasteiger partial charge in [0.15, 0.2) is 0 Å². The average molecular weight is 253 g/mol. The molecule has 19 heavy (non-hydrogen) atoms. The molecule has 3 aromatic rings. The molecular weight excluding hydrogens is 238 g/mol. The number of fused-ring (bicyclic) bond motifs is 1. The van der Waals surface area contributed by atoms with E-state index in [9.17, 15) is 0 Å². The van der Waals surface area contributed by atoms with Gasteiger partial charge in [0.25, 0.3) is 0 Å². The number of nitrogens with zero attached hydrogens (tertiary/aromatic N) is 1. The first-order chi connectivity index (χ1) is 9.24. The van der Waals surface area contributed by atoms with Crippen molar-refractivity contribution < 1.29 is 4.74 Å². The number of H-pyrrole nitrogens is 1. The zero-order valence-electron chi connectivity index (χ0n) is 10.9. The van der Waals surface area contributed by atoms with Crippen molar-refractivity contribution in [3.63, 3.8) is 0 Å². The standard InChI is InChI=1S/C15H15N3O/c1-10-3-8-13-14(9-10)18-15(17-13)16-11-4-6-12(19-2)7-5-11/h3-9H,1-2H3,(H2,16,17,18). The van der Waals surface area contributed by atoms with Crippen LogP contribution in [0.1, 0.15) is 5.56 Å². The number of aromatic nitrogens is 2. The molecule has 0 bridgehead atoms. The minimum atomic E-state index is 0.741. The maximum absolute atomic E-state index is 5.13. The van der Waals surface area contributed by atoms with Gasteiger partial charge < -0.3 is 15.0 Å². The van der Waals surface area contributed by atoms with Crippen LogP contribution < -0.4 is 10.1 Å². The first kappa shape index (κ1) is 11.6. The number of hydrogen-bond donors (Lipinski definition) is 2. The fourth-order valence-corrected chi connectivity index (χ4v) is 1.99. The first-order valence-electron chi connectivity index (χ1n) is 6.12. The molecule has 0 saturated heterocycles. The van der Waals surface area contributed by atoms with Crippen LogP contribution in [0.25, 0.3) is 11.0 Å². The second-order valence-corrected chi connectivity index (χ2v) is 4.46. The molecule has 4 heteroatoms. The van der Waals surface area contributed by atoms with Gasteiger partial charge in [0.2, 0.25) is 5.95 Å². The Kier molecular flexibility index (Phi) is 2.83. The van der Waals surface area contributed by atoms with Gasteiger partial charge in [0.05, 0.1) is 18.1 Å². The topological polar surface area (TPSA) is 49.9 Å². The summed E-state index contributed by atoms with van der Waals surface area (Å²) in [7, 11) is 1.66. The van der Waals surface area contributed by atoms with Gasteiger partial charge in [-0.05, 0) is 48.9 Å². The van der Waals surface area contributed by atoms with Crippen LogP contribution in [0.2, 0.25) is 0 Å². The van der Waals surface area contributed by atoms with Crippen molar-refractivity contribution in [2.45, 2.75) is 6.92 Å². The Bertz CT molecular complexity index is 701. The van der Waals surface area contributed by atoms with Crippen LogP contribution in [0, 0.1) is 6.92 Å². The number of rotatable bonds is 3. The highest BCUT2D eigenvalue weighted by atomic mass is 16.5. The van der Waals surface area contributed by atoms with Gasteiger partial charge in [-0.2, -0.15) is 0 Å². The lowest BCUT2D eigenvalue weighted by molar-refractivity contribution is 0.415. The summed E-state index contributed by atoms with van der Waals surface area (Å²) < 4.78 is 5.13. The summed E-state index contributed by atoms with van der Waals surface area (Å²) in [6.45, 7) is 2.07. The van der Waals surface area contributed by atoms with E-state index in [2.05, 4.69) is 34.3 Å². The lowest BCUT2D eigenvalue weighted by Crippen LogP contribution is -1.92. The van der Waals surface area contributed by atoms with Crippen molar-refractivity contribution in [2.24, 2.45) is 0 Å². The molecule has 0 radical (unpaired) electrons. The summed E-state index contributed by atoms with van der Waals surface area (Å²) >= 11 is 0. The number of ether oxygens (including phenoxy) is 1. The third-order valence-electron chi connectivity index (χ3n) is 2.99. The van der Waals surface area contributed by atoms with Gasteiger partial charge in [-0.1, -0.05) is 6.07 Å². The van der Waals surface area contributed by atoms with Gasteiger partial charge in [-0.25, -0.2) is 4.98 Å². The molecule has 0 aliphatic heterocycles. The van der Waals surface area contributed by atoms with Crippen LogP contribution in [0.4, 0.5) is 11.6 Å². The molecule has 0 saturated carbocycles. The van der Waals surface area contributed by atoms with Crippen molar-refractivity contribution in [1.29, 1.82) is 0 Å². The number of hydrogen-bond acceptors (Lipinski definition) is 3. The van der Waals surface area contributed by atoms with Gasteiger partial charge in [0.1, 0.15) is 5.75 Å². The van der Waals surface area contributed by atoms with E-state index in [0.29, 0.717) is 0 Å². The van der Waals surface area contributed by atoms with Crippen LogP contribution >= 0.6 is 0 Å². The average Bonchev–Trinajstić information content (AvgIpc) is 2.81. The fraction of sp³-hybridized carbons (Fsp3) is 0.133. The Morgan fingerprint density at radius 1 is 1.11 bits per heavy atom. The molecule has 4 nitrogen and oxygen atoms in total. The normalized spacial score (nSPS) is 10.6. The Labute approximate surface area is 111 Å². The molecule has 2 N–H and O–H groups in total. The second-order valence-electron chi connectivity index (χ2n) is 4.46. The smallest absolute Gasteiger partial charge is 0.205 e. The van der Waals surface area contributed by atoms with E-state index >= 15 is 0 Å². The van der Waals surface area contributed by atoms with E-state index in [-0.39, 0.29) is 0 Å². The monoisotopic (exact) mass is 253 g/mol. The van der Waals surface area contributed by atoms with Gasteiger partial charge in [-0.3, -0.25) is 0 Å². The van der Waals surface area contributed by atoms with Crippen LogP contribution in [-0.2, 0) is 0 Å². The molecule has 0 aliphatic carbocycles. The molecule has 0 amide bonds. The van der Waals surface area contributed by atoms with Gasteiger partial charge >= 0.3 is 0 Å². The molecule has 0 atom stereocenters.